The molecule has 0 unspecified atom stereocenters. The predicted octanol–water partition coefficient (Wildman–Crippen LogP) is 1.57. The molecule has 0 radical (unpaired) electrons. The van der Waals surface area contributed by atoms with Gasteiger partial charge in [-0.25, -0.2) is 0 Å². The topological polar surface area (TPSA) is 21.3 Å². The van der Waals surface area contributed by atoms with Crippen LogP contribution in [0.15, 0.2) is 24.4 Å². The number of hydrogen-bond acceptors (Lipinski definition) is 2. The summed E-state index contributed by atoms with van der Waals surface area (Å²) in [4.78, 5) is 0. The van der Waals surface area contributed by atoms with Gasteiger partial charge in [-0.1, -0.05) is 13.8 Å². The van der Waals surface area contributed by atoms with E-state index in [1.165, 1.54) is 0 Å². The van der Waals surface area contributed by atoms with E-state index in [4.69, 9.17) is 4.74 Å². The first-order valence-electron chi connectivity index (χ1n) is 3.08. The van der Waals surface area contributed by atoms with E-state index in [0.29, 0.717) is 5.92 Å². The summed E-state index contributed by atoms with van der Waals surface area (Å²) in [6.07, 6.45) is 5.13. The molecule has 0 aromatic carbocycles. The maximum absolute atomic E-state index is 4.94. The molecule has 0 saturated carbocycles. The zero-order chi connectivity index (χ0) is 6.69. The minimum Gasteiger partial charge on any atom is -0.469 e. The molecule has 0 bridgehead atoms. The Morgan fingerprint density at radius 1 is 1.56 bits per heavy atom. The summed E-state index contributed by atoms with van der Waals surface area (Å²) in [6, 6.07) is 0. The van der Waals surface area contributed by atoms with Crippen molar-refractivity contribution in [3.05, 3.63) is 24.4 Å². The summed E-state index contributed by atoms with van der Waals surface area (Å²) in [5.41, 5.74) is 1.12. The van der Waals surface area contributed by atoms with Gasteiger partial charge in [0.25, 0.3) is 0 Å². The summed E-state index contributed by atoms with van der Waals surface area (Å²) in [5.74, 6) is 0.509. The molecule has 0 amide bonds. The first-order chi connectivity index (χ1) is 4.30. The molecule has 0 fully saturated rings. The molecule has 0 saturated heterocycles. The monoisotopic (exact) mass is 125 g/mol. The van der Waals surface area contributed by atoms with Crippen LogP contribution >= 0.6 is 0 Å². The number of nitrogens with one attached hydrogen (secondary N) is 1. The maximum atomic E-state index is 4.94. The van der Waals surface area contributed by atoms with Gasteiger partial charge < -0.3 is 10.1 Å². The van der Waals surface area contributed by atoms with Crippen LogP contribution in [0.2, 0.25) is 0 Å². The molecule has 9 heavy (non-hydrogen) atoms. The molecule has 0 spiro atoms. The van der Waals surface area contributed by atoms with Crippen LogP contribution < -0.4 is 5.32 Å². The first kappa shape index (κ1) is 6.20. The maximum Gasteiger partial charge on any atom is 0.110 e. The lowest BCUT2D eigenvalue weighted by molar-refractivity contribution is 0.373. The van der Waals surface area contributed by atoms with Crippen molar-refractivity contribution in [3.8, 4) is 0 Å². The van der Waals surface area contributed by atoms with E-state index in [-0.39, 0.29) is 0 Å². The van der Waals surface area contributed by atoms with E-state index in [0.717, 1.165) is 5.70 Å². The third-order valence-corrected chi connectivity index (χ3v) is 1.21. The Hall–Kier alpha value is -0.920. The standard InChI is InChI=1S/C7H11NO/c1-6(2)7-5-9-4-3-8-7/h3-6,8H,1-2H3. The third kappa shape index (κ3) is 1.49. The van der Waals surface area contributed by atoms with Crippen molar-refractivity contribution in [2.75, 3.05) is 0 Å². The molecule has 1 heterocycles. The van der Waals surface area contributed by atoms with Crippen LogP contribution in [0.3, 0.4) is 0 Å². The van der Waals surface area contributed by atoms with E-state index < -0.39 is 0 Å². The van der Waals surface area contributed by atoms with Crippen LogP contribution in [-0.2, 0) is 4.74 Å². The van der Waals surface area contributed by atoms with E-state index in [2.05, 4.69) is 19.2 Å². The Bertz CT molecular complexity index is 147. The van der Waals surface area contributed by atoms with Gasteiger partial charge in [0.15, 0.2) is 0 Å². The average Bonchev–Trinajstić information content (AvgIpc) is 1.90. The minimum absolute atomic E-state index is 0.509. The predicted molar refractivity (Wildman–Crippen MR) is 36.3 cm³/mol. The van der Waals surface area contributed by atoms with Gasteiger partial charge in [-0.05, 0) is 5.92 Å². The molecule has 0 aliphatic carbocycles. The fourth-order valence-electron chi connectivity index (χ4n) is 0.619. The average molecular weight is 125 g/mol. The Kier molecular flexibility index (Phi) is 1.78. The van der Waals surface area contributed by atoms with Crippen molar-refractivity contribution in [3.63, 3.8) is 0 Å². The quantitative estimate of drug-likeness (QED) is 0.574. The van der Waals surface area contributed by atoms with Gasteiger partial charge in [-0.15, -0.1) is 0 Å². The Balaban J connectivity index is 2.50. The van der Waals surface area contributed by atoms with Crippen LogP contribution in [0, 0.1) is 5.92 Å². The lowest BCUT2D eigenvalue weighted by atomic mass is 10.1. The van der Waals surface area contributed by atoms with E-state index >= 15 is 0 Å². The lowest BCUT2D eigenvalue weighted by Crippen LogP contribution is -2.13. The highest BCUT2D eigenvalue weighted by atomic mass is 16.5. The third-order valence-electron chi connectivity index (χ3n) is 1.21. The molecule has 50 valence electrons. The minimum atomic E-state index is 0.509. The van der Waals surface area contributed by atoms with Gasteiger partial charge in [0.05, 0.1) is 5.70 Å². The molecule has 0 aromatic heterocycles. The van der Waals surface area contributed by atoms with E-state index in [1.54, 1.807) is 18.7 Å². The summed E-state index contributed by atoms with van der Waals surface area (Å²) in [6.45, 7) is 4.22. The van der Waals surface area contributed by atoms with Crippen molar-refractivity contribution in [2.45, 2.75) is 13.8 Å². The molecule has 1 rings (SSSR count). The Morgan fingerprint density at radius 2 is 2.33 bits per heavy atom. The smallest absolute Gasteiger partial charge is 0.110 e. The second kappa shape index (κ2) is 2.58. The molecule has 2 heteroatoms. The number of rotatable bonds is 1. The second-order valence-electron chi connectivity index (χ2n) is 2.31. The Labute approximate surface area is 55.2 Å². The highest BCUT2D eigenvalue weighted by Gasteiger charge is 2.02. The van der Waals surface area contributed by atoms with Gasteiger partial charge in [0.1, 0.15) is 12.5 Å². The van der Waals surface area contributed by atoms with Gasteiger partial charge in [-0.3, -0.25) is 0 Å². The van der Waals surface area contributed by atoms with E-state index in [1.807, 2.05) is 0 Å². The zero-order valence-corrected chi connectivity index (χ0v) is 5.72. The van der Waals surface area contributed by atoms with Crippen molar-refractivity contribution >= 4 is 0 Å². The SMILES string of the molecule is CC(C)C1=COC=CN1. The van der Waals surface area contributed by atoms with Crippen LogP contribution in [-0.4, -0.2) is 0 Å². The molecule has 1 aliphatic heterocycles. The van der Waals surface area contributed by atoms with E-state index in [9.17, 15) is 0 Å². The molecule has 0 atom stereocenters. The van der Waals surface area contributed by atoms with Gasteiger partial charge in [-0.2, -0.15) is 0 Å². The summed E-state index contributed by atoms with van der Waals surface area (Å²) < 4.78 is 4.94. The highest BCUT2D eigenvalue weighted by Crippen LogP contribution is 2.08. The Morgan fingerprint density at radius 3 is 2.67 bits per heavy atom. The zero-order valence-electron chi connectivity index (χ0n) is 5.72. The van der Waals surface area contributed by atoms with Crippen LogP contribution in [0.1, 0.15) is 13.8 Å². The molecular weight excluding hydrogens is 114 g/mol. The molecule has 2 nitrogen and oxygen atoms in total. The van der Waals surface area contributed by atoms with Gasteiger partial charge in [0.2, 0.25) is 0 Å². The van der Waals surface area contributed by atoms with Crippen LogP contribution in [0.25, 0.3) is 0 Å². The largest absolute Gasteiger partial charge is 0.469 e. The number of ether oxygens (including phenoxy) is 1. The fraction of sp³-hybridized carbons (Fsp3) is 0.429. The number of allylic oxidation sites excluding steroid dienone is 1. The number of hydrogen-bond donors (Lipinski definition) is 1. The molecule has 0 aromatic rings. The first-order valence-corrected chi connectivity index (χ1v) is 3.08. The normalized spacial score (nSPS) is 16.6. The molecule has 1 aliphatic rings. The van der Waals surface area contributed by atoms with Crippen molar-refractivity contribution in [2.24, 2.45) is 5.92 Å². The van der Waals surface area contributed by atoms with Crippen LogP contribution in [0.5, 0.6) is 0 Å². The lowest BCUT2D eigenvalue weighted by Gasteiger charge is -2.12. The second-order valence-corrected chi connectivity index (χ2v) is 2.31. The van der Waals surface area contributed by atoms with Gasteiger partial charge >= 0.3 is 0 Å². The van der Waals surface area contributed by atoms with Crippen molar-refractivity contribution in [1.29, 1.82) is 0 Å². The summed E-state index contributed by atoms with van der Waals surface area (Å²) >= 11 is 0. The van der Waals surface area contributed by atoms with Crippen molar-refractivity contribution < 1.29 is 4.74 Å². The highest BCUT2D eigenvalue weighted by molar-refractivity contribution is 5.05. The molecular formula is C7H11NO. The van der Waals surface area contributed by atoms with Gasteiger partial charge in [0, 0.05) is 6.20 Å². The fourth-order valence-corrected chi connectivity index (χ4v) is 0.619. The molecule has 1 N–H and O–H groups in total. The van der Waals surface area contributed by atoms with Crippen molar-refractivity contribution in [1.82, 2.24) is 5.32 Å². The summed E-state index contributed by atoms with van der Waals surface area (Å²) in [7, 11) is 0. The summed E-state index contributed by atoms with van der Waals surface area (Å²) in [5, 5.41) is 3.07. The van der Waals surface area contributed by atoms with Crippen LogP contribution in [0.4, 0.5) is 0 Å².